The summed E-state index contributed by atoms with van der Waals surface area (Å²) in [6.07, 6.45) is -1.89. The lowest BCUT2D eigenvalue weighted by Crippen LogP contribution is -2.23. The van der Waals surface area contributed by atoms with Gasteiger partial charge in [0, 0.05) is 10.5 Å². The van der Waals surface area contributed by atoms with Gasteiger partial charge in [0.15, 0.2) is 5.75 Å². The number of hydrogen-bond acceptors (Lipinski definition) is 3. The van der Waals surface area contributed by atoms with Gasteiger partial charge in [-0.05, 0) is 50.6 Å². The molecule has 7 heteroatoms. The van der Waals surface area contributed by atoms with E-state index in [0.717, 1.165) is 32.4 Å². The predicted molar refractivity (Wildman–Crippen MR) is 75.0 cm³/mol. The van der Waals surface area contributed by atoms with Crippen molar-refractivity contribution < 1.29 is 17.9 Å². The SMILES string of the molecule is FC(F)(F)Oc1cc(Br)ccc1NC1CCCNCC1. The number of rotatable bonds is 3. The van der Waals surface area contributed by atoms with E-state index < -0.39 is 6.36 Å². The van der Waals surface area contributed by atoms with Gasteiger partial charge in [-0.25, -0.2) is 0 Å². The van der Waals surface area contributed by atoms with Gasteiger partial charge in [0.05, 0.1) is 5.69 Å². The summed E-state index contributed by atoms with van der Waals surface area (Å²) < 4.78 is 41.9. The molecule has 3 nitrogen and oxygen atoms in total. The first-order valence-corrected chi connectivity index (χ1v) is 7.26. The second-order valence-corrected chi connectivity index (χ2v) is 5.63. The van der Waals surface area contributed by atoms with Crippen molar-refractivity contribution in [1.82, 2.24) is 5.32 Å². The normalized spacial score (nSPS) is 20.3. The van der Waals surface area contributed by atoms with Crippen molar-refractivity contribution in [2.75, 3.05) is 18.4 Å². The Kier molecular flexibility index (Phi) is 5.15. The minimum absolute atomic E-state index is 0.154. The summed E-state index contributed by atoms with van der Waals surface area (Å²) in [6, 6.07) is 4.77. The van der Waals surface area contributed by atoms with Crippen LogP contribution in [0.5, 0.6) is 5.75 Å². The molecule has 1 aromatic carbocycles. The zero-order valence-electron chi connectivity index (χ0n) is 10.8. The van der Waals surface area contributed by atoms with E-state index in [1.807, 2.05) is 0 Å². The fraction of sp³-hybridized carbons (Fsp3) is 0.538. The topological polar surface area (TPSA) is 33.3 Å². The van der Waals surface area contributed by atoms with Crippen LogP contribution in [-0.2, 0) is 0 Å². The zero-order chi connectivity index (χ0) is 14.6. The Morgan fingerprint density at radius 2 is 2.05 bits per heavy atom. The van der Waals surface area contributed by atoms with Crippen molar-refractivity contribution in [2.24, 2.45) is 0 Å². The van der Waals surface area contributed by atoms with Crippen LogP contribution in [0, 0.1) is 0 Å². The molecule has 20 heavy (non-hydrogen) atoms. The van der Waals surface area contributed by atoms with Crippen molar-refractivity contribution in [3.63, 3.8) is 0 Å². The number of nitrogens with one attached hydrogen (secondary N) is 2. The van der Waals surface area contributed by atoms with E-state index in [1.54, 1.807) is 12.1 Å². The third-order valence-electron chi connectivity index (χ3n) is 3.10. The van der Waals surface area contributed by atoms with Crippen LogP contribution >= 0.6 is 15.9 Å². The van der Waals surface area contributed by atoms with Crippen LogP contribution in [0.3, 0.4) is 0 Å². The Morgan fingerprint density at radius 3 is 2.80 bits per heavy atom. The predicted octanol–water partition coefficient (Wildman–Crippen LogP) is 3.90. The minimum Gasteiger partial charge on any atom is -0.404 e. The molecule has 1 aromatic rings. The summed E-state index contributed by atoms with van der Waals surface area (Å²) in [6.45, 7) is 1.81. The lowest BCUT2D eigenvalue weighted by molar-refractivity contribution is -0.274. The molecular weight excluding hydrogens is 337 g/mol. The van der Waals surface area contributed by atoms with Crippen LogP contribution < -0.4 is 15.4 Å². The molecule has 1 saturated heterocycles. The van der Waals surface area contributed by atoms with Gasteiger partial charge in [-0.3, -0.25) is 0 Å². The van der Waals surface area contributed by atoms with E-state index in [4.69, 9.17) is 0 Å². The number of hydrogen-bond donors (Lipinski definition) is 2. The van der Waals surface area contributed by atoms with E-state index >= 15 is 0 Å². The number of anilines is 1. The monoisotopic (exact) mass is 352 g/mol. The summed E-state index contributed by atoms with van der Waals surface area (Å²) in [5, 5.41) is 6.42. The van der Waals surface area contributed by atoms with Gasteiger partial charge >= 0.3 is 6.36 Å². The highest BCUT2D eigenvalue weighted by molar-refractivity contribution is 9.10. The quantitative estimate of drug-likeness (QED) is 0.865. The molecule has 0 amide bonds. The van der Waals surface area contributed by atoms with E-state index in [1.165, 1.54) is 6.07 Å². The molecule has 1 unspecified atom stereocenters. The lowest BCUT2D eigenvalue weighted by atomic mass is 10.1. The van der Waals surface area contributed by atoms with Crippen molar-refractivity contribution in [2.45, 2.75) is 31.7 Å². The summed E-state index contributed by atoms with van der Waals surface area (Å²) >= 11 is 3.16. The van der Waals surface area contributed by atoms with Gasteiger partial charge in [-0.15, -0.1) is 13.2 Å². The average molecular weight is 353 g/mol. The maximum absolute atomic E-state index is 12.4. The number of ether oxygens (including phenoxy) is 1. The fourth-order valence-corrected chi connectivity index (χ4v) is 2.55. The van der Waals surface area contributed by atoms with Gasteiger partial charge in [0.1, 0.15) is 0 Å². The van der Waals surface area contributed by atoms with Crippen LogP contribution in [0.15, 0.2) is 22.7 Å². The number of alkyl halides is 3. The maximum Gasteiger partial charge on any atom is 0.573 e. The smallest absolute Gasteiger partial charge is 0.404 e. The van der Waals surface area contributed by atoms with Crippen LogP contribution in [0.1, 0.15) is 19.3 Å². The van der Waals surface area contributed by atoms with E-state index in [-0.39, 0.29) is 11.8 Å². The maximum atomic E-state index is 12.4. The van der Waals surface area contributed by atoms with Crippen LogP contribution in [-0.4, -0.2) is 25.5 Å². The molecule has 1 heterocycles. The molecule has 112 valence electrons. The van der Waals surface area contributed by atoms with Gasteiger partial charge in [-0.2, -0.15) is 0 Å². The van der Waals surface area contributed by atoms with Crippen molar-refractivity contribution in [1.29, 1.82) is 0 Å². The van der Waals surface area contributed by atoms with Crippen LogP contribution in [0.25, 0.3) is 0 Å². The molecule has 0 aliphatic carbocycles. The molecule has 0 radical (unpaired) electrons. The Balaban J connectivity index is 2.13. The first-order valence-electron chi connectivity index (χ1n) is 6.46. The van der Waals surface area contributed by atoms with Crippen LogP contribution in [0.2, 0.25) is 0 Å². The molecule has 1 atom stereocenters. The minimum atomic E-state index is -4.69. The molecular formula is C13H16BrF3N2O. The molecule has 0 aromatic heterocycles. The lowest BCUT2D eigenvalue weighted by Gasteiger charge is -2.20. The number of halogens is 4. The standard InChI is InChI=1S/C13H16BrF3N2O/c14-9-3-4-11(12(8-9)20-13(15,16)17)19-10-2-1-6-18-7-5-10/h3-4,8,10,18-19H,1-2,5-7H2. The molecule has 0 bridgehead atoms. The fourth-order valence-electron chi connectivity index (χ4n) is 2.21. The molecule has 0 spiro atoms. The third-order valence-corrected chi connectivity index (χ3v) is 3.60. The Morgan fingerprint density at radius 1 is 1.25 bits per heavy atom. The highest BCUT2D eigenvalue weighted by Gasteiger charge is 2.32. The molecule has 1 fully saturated rings. The van der Waals surface area contributed by atoms with Crippen molar-refractivity contribution in [3.05, 3.63) is 22.7 Å². The zero-order valence-corrected chi connectivity index (χ0v) is 12.4. The van der Waals surface area contributed by atoms with E-state index in [9.17, 15) is 13.2 Å². The van der Waals surface area contributed by atoms with Crippen molar-refractivity contribution >= 4 is 21.6 Å². The second-order valence-electron chi connectivity index (χ2n) is 4.71. The van der Waals surface area contributed by atoms with Gasteiger partial charge in [0.25, 0.3) is 0 Å². The first-order chi connectivity index (χ1) is 9.44. The Bertz CT molecular complexity index is 446. The second kappa shape index (κ2) is 6.67. The molecule has 1 aliphatic heterocycles. The summed E-state index contributed by atoms with van der Waals surface area (Å²) in [5.41, 5.74) is 0.373. The first kappa shape index (κ1) is 15.4. The Hall–Kier alpha value is -0.950. The molecule has 2 N–H and O–H groups in total. The van der Waals surface area contributed by atoms with Crippen molar-refractivity contribution in [3.8, 4) is 5.75 Å². The third kappa shape index (κ3) is 4.86. The summed E-state index contributed by atoms with van der Waals surface area (Å²) in [4.78, 5) is 0. The number of benzene rings is 1. The van der Waals surface area contributed by atoms with Gasteiger partial charge < -0.3 is 15.4 Å². The molecule has 2 rings (SSSR count). The average Bonchev–Trinajstić information content (AvgIpc) is 2.59. The Labute approximate surface area is 124 Å². The van der Waals surface area contributed by atoms with Crippen LogP contribution in [0.4, 0.5) is 18.9 Å². The molecule has 0 saturated carbocycles. The van der Waals surface area contributed by atoms with E-state index in [2.05, 4.69) is 31.3 Å². The van der Waals surface area contributed by atoms with Gasteiger partial charge in [0.2, 0.25) is 0 Å². The largest absolute Gasteiger partial charge is 0.573 e. The summed E-state index contributed by atoms with van der Waals surface area (Å²) in [7, 11) is 0. The molecule has 1 aliphatic rings. The highest BCUT2D eigenvalue weighted by atomic mass is 79.9. The van der Waals surface area contributed by atoms with Gasteiger partial charge in [-0.1, -0.05) is 15.9 Å². The summed E-state index contributed by atoms with van der Waals surface area (Å²) in [5.74, 6) is -0.205. The highest BCUT2D eigenvalue weighted by Crippen LogP contribution is 2.33. The van der Waals surface area contributed by atoms with E-state index in [0.29, 0.717) is 10.2 Å².